The molecule has 0 saturated carbocycles. The quantitative estimate of drug-likeness (QED) is 0.0185. The number of aliphatic hydroxyl groups excluding tert-OH is 1. The van der Waals surface area contributed by atoms with Gasteiger partial charge in [0.2, 0.25) is 0 Å². The third-order valence-electron chi connectivity index (χ3n) is 8.88. The molecule has 9 nitrogen and oxygen atoms in total. The van der Waals surface area contributed by atoms with E-state index in [2.05, 4.69) is 37.4 Å². The number of carbonyl (C=O) groups is 2. The molecular formula is C43H77O9P. The number of unbranched alkanes of at least 4 members (excludes halogenated alkanes) is 16. The maximum absolute atomic E-state index is 12.4. The summed E-state index contributed by atoms with van der Waals surface area (Å²) in [5.74, 6) is -0.151. The molecule has 0 spiro atoms. The van der Waals surface area contributed by atoms with Gasteiger partial charge in [0.05, 0.1) is 12.7 Å². The SMILES string of the molecule is CCCCC[C@@H](O)/C=C/C=C\C/C=C\C/C=C\CCCC(=O)OC[C@H](COP(=O)(O)O)OC(=O)CCCCCCCCCCCCCCCCC(C)C. The number of carbonyl (C=O) groups excluding carboxylic acids is 2. The van der Waals surface area contributed by atoms with Crippen molar-refractivity contribution in [2.45, 2.75) is 193 Å². The van der Waals surface area contributed by atoms with Crippen LogP contribution in [0.25, 0.3) is 0 Å². The van der Waals surface area contributed by atoms with Crippen molar-refractivity contribution in [2.24, 2.45) is 5.92 Å². The number of esters is 2. The van der Waals surface area contributed by atoms with Crippen LogP contribution in [0.4, 0.5) is 0 Å². The number of ether oxygens (including phenoxy) is 2. The van der Waals surface area contributed by atoms with Crippen molar-refractivity contribution < 1.29 is 43.0 Å². The van der Waals surface area contributed by atoms with E-state index in [1.54, 1.807) is 0 Å². The molecular weight excluding hydrogens is 691 g/mol. The number of aliphatic hydroxyl groups is 1. The van der Waals surface area contributed by atoms with Crippen LogP contribution in [0.3, 0.4) is 0 Å². The molecule has 0 aromatic heterocycles. The van der Waals surface area contributed by atoms with Crippen LogP contribution in [0, 0.1) is 5.92 Å². The van der Waals surface area contributed by atoms with E-state index in [0.29, 0.717) is 19.3 Å². The smallest absolute Gasteiger partial charge is 0.462 e. The first kappa shape index (κ1) is 51.0. The van der Waals surface area contributed by atoms with Crippen molar-refractivity contribution in [2.75, 3.05) is 13.2 Å². The van der Waals surface area contributed by atoms with Gasteiger partial charge in [-0.1, -0.05) is 179 Å². The second-order valence-electron chi connectivity index (χ2n) is 14.6. The number of hydrogen-bond donors (Lipinski definition) is 3. The molecule has 0 heterocycles. The van der Waals surface area contributed by atoms with Gasteiger partial charge in [0.15, 0.2) is 6.10 Å². The molecule has 0 aromatic carbocycles. The van der Waals surface area contributed by atoms with E-state index in [1.807, 2.05) is 36.5 Å². The normalized spacial score (nSPS) is 13.6. The molecule has 2 atom stereocenters. The Morgan fingerprint density at radius 2 is 1.15 bits per heavy atom. The van der Waals surface area contributed by atoms with Gasteiger partial charge in [-0.3, -0.25) is 14.1 Å². The van der Waals surface area contributed by atoms with E-state index in [9.17, 15) is 19.3 Å². The summed E-state index contributed by atoms with van der Waals surface area (Å²) in [6.45, 7) is 5.85. The fraction of sp³-hybridized carbons (Fsp3) is 0.767. The topological polar surface area (TPSA) is 140 Å². The third kappa shape index (κ3) is 41.0. The largest absolute Gasteiger partial charge is 0.469 e. The zero-order chi connectivity index (χ0) is 39.3. The molecule has 0 bridgehead atoms. The molecule has 0 aliphatic rings. The van der Waals surface area contributed by atoms with Gasteiger partial charge >= 0.3 is 19.8 Å². The fourth-order valence-electron chi connectivity index (χ4n) is 5.72. The van der Waals surface area contributed by atoms with Crippen LogP contribution in [0.5, 0.6) is 0 Å². The van der Waals surface area contributed by atoms with Crippen molar-refractivity contribution >= 4 is 19.8 Å². The highest BCUT2D eigenvalue weighted by molar-refractivity contribution is 7.46. The highest BCUT2D eigenvalue weighted by Gasteiger charge is 2.22. The second-order valence-corrected chi connectivity index (χ2v) is 15.9. The molecule has 0 aliphatic carbocycles. The maximum atomic E-state index is 12.4. The van der Waals surface area contributed by atoms with Crippen LogP contribution in [0.15, 0.2) is 48.6 Å². The minimum absolute atomic E-state index is 0.171. The van der Waals surface area contributed by atoms with Gasteiger partial charge in [-0.2, -0.15) is 0 Å². The number of phosphoric ester groups is 1. The summed E-state index contributed by atoms with van der Waals surface area (Å²) in [5.41, 5.74) is 0. The van der Waals surface area contributed by atoms with Crippen LogP contribution in [-0.4, -0.2) is 52.3 Å². The lowest BCUT2D eigenvalue weighted by Gasteiger charge is -2.18. The van der Waals surface area contributed by atoms with Crippen molar-refractivity contribution in [1.29, 1.82) is 0 Å². The molecule has 0 radical (unpaired) electrons. The van der Waals surface area contributed by atoms with Gasteiger partial charge in [0, 0.05) is 12.8 Å². The van der Waals surface area contributed by atoms with E-state index in [0.717, 1.165) is 63.7 Å². The van der Waals surface area contributed by atoms with Crippen molar-refractivity contribution in [3.8, 4) is 0 Å². The summed E-state index contributed by atoms with van der Waals surface area (Å²) in [4.78, 5) is 42.8. The molecule has 0 unspecified atom stereocenters. The summed E-state index contributed by atoms with van der Waals surface area (Å²) in [6, 6.07) is 0. The zero-order valence-electron chi connectivity index (χ0n) is 33.7. The molecule has 308 valence electrons. The molecule has 0 amide bonds. The Morgan fingerprint density at radius 3 is 1.74 bits per heavy atom. The molecule has 53 heavy (non-hydrogen) atoms. The Morgan fingerprint density at radius 1 is 0.623 bits per heavy atom. The average molecular weight is 769 g/mol. The second kappa shape index (κ2) is 36.9. The number of allylic oxidation sites excluding steroid dienone is 7. The van der Waals surface area contributed by atoms with Crippen LogP contribution in [0.2, 0.25) is 0 Å². The Balaban J connectivity index is 4.05. The molecule has 0 rings (SSSR count). The molecule has 0 aliphatic heterocycles. The summed E-state index contributed by atoms with van der Waals surface area (Å²) in [6.07, 6.45) is 40.2. The molecule has 3 N–H and O–H groups in total. The molecule has 10 heteroatoms. The van der Waals surface area contributed by atoms with Gasteiger partial charge in [-0.25, -0.2) is 4.57 Å². The highest BCUT2D eigenvalue weighted by Crippen LogP contribution is 2.36. The third-order valence-corrected chi connectivity index (χ3v) is 9.37. The van der Waals surface area contributed by atoms with E-state index in [1.165, 1.54) is 70.6 Å². The lowest BCUT2D eigenvalue weighted by molar-refractivity contribution is -0.161. The summed E-state index contributed by atoms with van der Waals surface area (Å²) < 4.78 is 26.3. The number of rotatable bonds is 37. The van der Waals surface area contributed by atoms with Crippen molar-refractivity contribution in [1.82, 2.24) is 0 Å². The average Bonchev–Trinajstić information content (AvgIpc) is 3.10. The Bertz CT molecular complexity index is 1030. The minimum Gasteiger partial charge on any atom is -0.462 e. The minimum atomic E-state index is -4.78. The Hall–Kier alpha value is -2.03. The van der Waals surface area contributed by atoms with Gasteiger partial charge in [-0.15, -0.1) is 0 Å². The lowest BCUT2D eigenvalue weighted by atomic mass is 10.0. The first-order valence-corrected chi connectivity index (χ1v) is 22.4. The lowest BCUT2D eigenvalue weighted by Crippen LogP contribution is -2.29. The van der Waals surface area contributed by atoms with Crippen molar-refractivity contribution in [3.05, 3.63) is 48.6 Å². The summed E-state index contributed by atoms with van der Waals surface area (Å²) in [5, 5.41) is 9.87. The maximum Gasteiger partial charge on any atom is 0.469 e. The predicted octanol–water partition coefficient (Wildman–Crippen LogP) is 11.6. The molecule has 0 saturated heterocycles. The summed E-state index contributed by atoms with van der Waals surface area (Å²) >= 11 is 0. The fourth-order valence-corrected chi connectivity index (χ4v) is 6.08. The van der Waals surface area contributed by atoms with Gasteiger partial charge in [0.1, 0.15) is 6.61 Å². The Kier molecular flexibility index (Phi) is 35.5. The highest BCUT2D eigenvalue weighted by atomic mass is 31.2. The van der Waals surface area contributed by atoms with Crippen LogP contribution >= 0.6 is 7.82 Å². The molecule has 0 aromatic rings. The summed E-state index contributed by atoms with van der Waals surface area (Å²) in [7, 11) is -4.78. The van der Waals surface area contributed by atoms with E-state index in [4.69, 9.17) is 19.3 Å². The number of phosphoric acid groups is 1. The van der Waals surface area contributed by atoms with Crippen molar-refractivity contribution in [3.63, 3.8) is 0 Å². The standard InChI is InChI=1S/C43H77O9P/c1-4-5-27-33-40(44)34-29-24-20-16-12-10-14-17-21-25-30-35-42(45)50-37-41(38-51-53(47,48)49)52-43(46)36-31-26-22-18-13-9-7-6-8-11-15-19-23-28-32-39(2)3/h10,12,17,20-21,24,29,34,39-41,44H,4-9,11,13-16,18-19,22-23,25-28,30-33,35-38H2,1-3H3,(H2,47,48,49)/b12-10-,21-17-,24-20-,34-29+/t40-,41-/m1/s1. The van der Waals surface area contributed by atoms with E-state index in [-0.39, 0.29) is 25.6 Å². The van der Waals surface area contributed by atoms with Crippen LogP contribution in [0.1, 0.15) is 181 Å². The van der Waals surface area contributed by atoms with E-state index < -0.39 is 32.5 Å². The van der Waals surface area contributed by atoms with Crippen LogP contribution in [-0.2, 0) is 28.2 Å². The van der Waals surface area contributed by atoms with Gasteiger partial charge in [-0.05, 0) is 44.4 Å². The first-order chi connectivity index (χ1) is 25.5. The molecule has 0 fully saturated rings. The van der Waals surface area contributed by atoms with E-state index >= 15 is 0 Å². The Labute approximate surface area is 323 Å². The monoisotopic (exact) mass is 769 g/mol. The van der Waals surface area contributed by atoms with Gasteiger partial charge < -0.3 is 24.4 Å². The van der Waals surface area contributed by atoms with Crippen LogP contribution < -0.4 is 0 Å². The predicted molar refractivity (Wildman–Crippen MR) is 217 cm³/mol. The number of hydrogen-bond acceptors (Lipinski definition) is 7. The first-order valence-electron chi connectivity index (χ1n) is 20.9. The zero-order valence-corrected chi connectivity index (χ0v) is 34.6. The van der Waals surface area contributed by atoms with Gasteiger partial charge in [0.25, 0.3) is 0 Å².